The van der Waals surface area contributed by atoms with Gasteiger partial charge in [0.15, 0.2) is 23.3 Å². The summed E-state index contributed by atoms with van der Waals surface area (Å²) in [6, 6.07) is 76.8. The molecule has 1 fully saturated rings. The third-order valence-electron chi connectivity index (χ3n) is 21.6. The summed E-state index contributed by atoms with van der Waals surface area (Å²) in [5, 5.41) is 6.88. The van der Waals surface area contributed by atoms with Gasteiger partial charge in [-0.05, 0) is 164 Å². The number of hydrogen-bond donors (Lipinski definition) is 1. The van der Waals surface area contributed by atoms with Crippen molar-refractivity contribution in [3.05, 3.63) is 299 Å². The van der Waals surface area contributed by atoms with Gasteiger partial charge in [-0.2, -0.15) is 0 Å². The van der Waals surface area contributed by atoms with Gasteiger partial charge in [0.25, 0.3) is 0 Å². The van der Waals surface area contributed by atoms with E-state index in [9.17, 15) is 0 Å². The third-order valence-corrected chi connectivity index (χ3v) is 21.6. The number of benzene rings is 9. The Morgan fingerprint density at radius 3 is 1.96 bits per heavy atom. The van der Waals surface area contributed by atoms with Crippen molar-refractivity contribution in [1.82, 2.24) is 25.3 Å². The Bertz CT molecular complexity index is 5400. The molecule has 9 aromatic carbocycles. The molecule has 12 aromatic rings. The summed E-state index contributed by atoms with van der Waals surface area (Å²) in [6.07, 6.45) is 14.3. The Kier molecular flexibility index (Phi) is 14.6. The molecular formula is C89H76FN7O. The Morgan fingerprint density at radius 2 is 1.18 bits per heavy atom. The number of hydrogen-bond acceptors (Lipinski definition) is 8. The molecule has 4 atom stereocenters. The van der Waals surface area contributed by atoms with Crippen LogP contribution in [-0.2, 0) is 17.3 Å². The van der Waals surface area contributed by atoms with Crippen LogP contribution in [0.15, 0.2) is 286 Å². The molecule has 98 heavy (non-hydrogen) atoms. The van der Waals surface area contributed by atoms with Crippen molar-refractivity contribution in [3.63, 3.8) is 0 Å². The first kappa shape index (κ1) is 60.9. The average Bonchev–Trinajstić information content (AvgIpc) is 1.58. The third kappa shape index (κ3) is 11.0. The van der Waals surface area contributed by atoms with Crippen LogP contribution in [0.2, 0.25) is 0 Å². The van der Waals surface area contributed by atoms with Gasteiger partial charge in [-0.25, -0.2) is 29.3 Å². The highest BCUT2D eigenvalue weighted by molar-refractivity contribution is 6.13. The van der Waals surface area contributed by atoms with Crippen molar-refractivity contribution in [3.8, 4) is 67.5 Å². The summed E-state index contributed by atoms with van der Waals surface area (Å²) >= 11 is 0. The van der Waals surface area contributed by atoms with Crippen LogP contribution >= 0.6 is 0 Å². The fraction of sp³-hybridized carbons (Fsp3) is 0.213. The van der Waals surface area contributed by atoms with E-state index in [1.807, 2.05) is 85.1 Å². The Hall–Kier alpha value is -10.8. The highest BCUT2D eigenvalue weighted by Crippen LogP contribution is 2.60. The molecule has 0 radical (unpaired) electrons. The molecule has 1 N–H and O–H groups in total. The summed E-state index contributed by atoms with van der Waals surface area (Å²) in [4.78, 5) is 31.3. The SMILES string of the molecule is CC1(C)CC(C)(C)C2CC=C(C3=CC(C4N=C(c5ccccc5)N=C(c5ccc(-c6cc(CC7(C)CC(C)(C)c8ccc(-c9cc(-c%10ccccc%10)cc(-c%10nc(-c%11ccccc%11)nc(-c%11cccc%12c%11oc%11ccccc%11%12)n%10)c9)cc87)cc7cccnc67)cc5)N4)CC(F)=C3)C=C21. The van der Waals surface area contributed by atoms with Gasteiger partial charge in [0.2, 0.25) is 0 Å². The first-order chi connectivity index (χ1) is 47.5. The number of para-hydroxylation sites is 2. The van der Waals surface area contributed by atoms with Gasteiger partial charge < -0.3 is 9.73 Å². The van der Waals surface area contributed by atoms with Gasteiger partial charge in [0, 0.05) is 62.5 Å². The van der Waals surface area contributed by atoms with Crippen LogP contribution in [0.4, 0.5) is 4.39 Å². The minimum Gasteiger partial charge on any atom is -0.455 e. The zero-order valence-corrected chi connectivity index (χ0v) is 56.4. The number of furan rings is 1. The normalized spacial score (nSPS) is 20.6. The number of aliphatic imine (C=N–C) groups is 2. The second-order valence-electron chi connectivity index (χ2n) is 30.0. The van der Waals surface area contributed by atoms with E-state index < -0.39 is 6.17 Å². The van der Waals surface area contributed by atoms with Crippen molar-refractivity contribution >= 4 is 44.5 Å². The van der Waals surface area contributed by atoms with Gasteiger partial charge >= 0.3 is 0 Å². The molecule has 0 amide bonds. The van der Waals surface area contributed by atoms with Crippen LogP contribution < -0.4 is 5.32 Å². The van der Waals surface area contributed by atoms with Crippen molar-refractivity contribution in [2.24, 2.45) is 32.7 Å². The van der Waals surface area contributed by atoms with Crippen molar-refractivity contribution in [2.75, 3.05) is 0 Å². The van der Waals surface area contributed by atoms with Gasteiger partial charge in [-0.3, -0.25) is 4.98 Å². The quantitative estimate of drug-likeness (QED) is 0.131. The number of aromatic nitrogens is 4. The molecule has 4 unspecified atom stereocenters. The van der Waals surface area contributed by atoms with E-state index >= 15 is 4.39 Å². The summed E-state index contributed by atoms with van der Waals surface area (Å²) < 4.78 is 22.8. The molecule has 0 bridgehead atoms. The van der Waals surface area contributed by atoms with Crippen molar-refractivity contribution in [2.45, 2.75) is 97.6 Å². The fourth-order valence-corrected chi connectivity index (χ4v) is 17.3. The van der Waals surface area contributed by atoms with Crippen molar-refractivity contribution < 1.29 is 8.81 Å². The summed E-state index contributed by atoms with van der Waals surface area (Å²) in [7, 11) is 0. The Balaban J connectivity index is 0.705. The molecule has 0 spiro atoms. The lowest BCUT2D eigenvalue weighted by Gasteiger charge is -2.32. The zero-order valence-electron chi connectivity index (χ0n) is 56.4. The van der Waals surface area contributed by atoms with E-state index in [1.165, 1.54) is 22.3 Å². The predicted octanol–water partition coefficient (Wildman–Crippen LogP) is 21.8. The number of amidine groups is 2. The number of nitrogens with zero attached hydrogens (tertiary/aromatic N) is 6. The van der Waals surface area contributed by atoms with Crippen molar-refractivity contribution in [1.29, 1.82) is 0 Å². The van der Waals surface area contributed by atoms with Gasteiger partial charge in [0.1, 0.15) is 29.0 Å². The fourth-order valence-electron chi connectivity index (χ4n) is 17.3. The lowest BCUT2D eigenvalue weighted by atomic mass is 9.74. The average molecular weight is 1280 g/mol. The molecular weight excluding hydrogens is 1200 g/mol. The van der Waals surface area contributed by atoms with Crippen LogP contribution in [0.3, 0.4) is 0 Å². The maximum absolute atomic E-state index is 16.2. The minimum absolute atomic E-state index is 0.0877. The van der Waals surface area contributed by atoms with E-state index in [0.29, 0.717) is 35.1 Å². The molecule has 5 aliphatic rings. The first-order valence-electron chi connectivity index (χ1n) is 34.5. The van der Waals surface area contributed by atoms with E-state index in [2.05, 4.69) is 212 Å². The standard InChI is InChI=1S/C89H76FN7O/c1-86(2)52-87(3,4)75-49-60(36-38-73(75)86)65-46-67(48-68(90)47-65)84-93-80(57-23-13-9-14-24-57)92-82(95-84)59-34-32-56(33-35-59)72-42-54(41-62-27-20-40-91-78(62)72)51-89(7)53-88(5,6)74-39-37-61(50-76(74)89)64-43-63(55-21-11-8-12-22-55)44-66(45-64)83-94-81(58-25-15-10-16-26-58)96-85(97-83)71-30-19-29-70-69-28-17-18-31-77(69)98-79(70)71/h8-37,39-47,49-50,67,73,84H,38,48,51-53H2,1-7H3,(H,92,93,95). The molecule has 17 rings (SSSR count). The second-order valence-corrected chi connectivity index (χ2v) is 30.0. The highest BCUT2D eigenvalue weighted by Gasteiger charge is 2.49. The van der Waals surface area contributed by atoms with Gasteiger partial charge in [0.05, 0.1) is 11.1 Å². The van der Waals surface area contributed by atoms with Crippen LogP contribution in [0.1, 0.15) is 102 Å². The number of rotatable bonds is 12. The molecule has 8 nitrogen and oxygen atoms in total. The second kappa shape index (κ2) is 23.5. The van der Waals surface area contributed by atoms with Gasteiger partial charge in [-0.1, -0.05) is 242 Å². The molecule has 480 valence electrons. The van der Waals surface area contributed by atoms with Crippen LogP contribution in [-0.4, -0.2) is 37.8 Å². The minimum atomic E-state index is -0.454. The lowest BCUT2D eigenvalue weighted by molar-refractivity contribution is 0.257. The molecule has 1 aliphatic heterocycles. The highest BCUT2D eigenvalue weighted by atomic mass is 19.1. The van der Waals surface area contributed by atoms with E-state index in [-0.39, 0.29) is 39.8 Å². The maximum Gasteiger partial charge on any atom is 0.167 e. The van der Waals surface area contributed by atoms with E-state index in [4.69, 9.17) is 34.3 Å². The molecule has 0 saturated heterocycles. The number of pyridine rings is 1. The van der Waals surface area contributed by atoms with E-state index in [1.54, 1.807) is 6.08 Å². The number of halogens is 1. The van der Waals surface area contributed by atoms with Crippen LogP contribution in [0, 0.1) is 22.7 Å². The molecule has 4 heterocycles. The molecule has 1 saturated carbocycles. The summed E-state index contributed by atoms with van der Waals surface area (Å²) in [6.45, 7) is 16.8. The predicted molar refractivity (Wildman–Crippen MR) is 398 cm³/mol. The van der Waals surface area contributed by atoms with Gasteiger partial charge in [-0.15, -0.1) is 0 Å². The smallest absolute Gasteiger partial charge is 0.167 e. The number of allylic oxidation sites excluding steroid dienone is 7. The number of fused-ring (bicyclic) bond motifs is 6. The maximum atomic E-state index is 16.2. The van der Waals surface area contributed by atoms with E-state index in [0.717, 1.165) is 131 Å². The first-order valence-corrected chi connectivity index (χ1v) is 34.5. The molecule has 9 heteroatoms. The largest absolute Gasteiger partial charge is 0.455 e. The molecule has 4 aliphatic carbocycles. The monoisotopic (exact) mass is 1280 g/mol. The zero-order chi connectivity index (χ0) is 66.7. The van der Waals surface area contributed by atoms with Crippen LogP contribution in [0.25, 0.3) is 100 Å². The number of nitrogens with one attached hydrogen (secondary N) is 1. The lowest BCUT2D eigenvalue weighted by Crippen LogP contribution is -2.43. The summed E-state index contributed by atoms with van der Waals surface area (Å²) in [5.41, 5.74) is 20.9. The Labute approximate surface area is 572 Å². The topological polar surface area (TPSA) is 101 Å². The summed E-state index contributed by atoms with van der Waals surface area (Å²) in [5.74, 6) is 3.14. The van der Waals surface area contributed by atoms with Crippen LogP contribution in [0.5, 0.6) is 0 Å². The molecule has 3 aromatic heterocycles. The Morgan fingerprint density at radius 1 is 0.520 bits per heavy atom.